The zero-order valence-electron chi connectivity index (χ0n) is 16.5. The molecule has 1 saturated heterocycles. The molecule has 0 radical (unpaired) electrons. The van der Waals surface area contributed by atoms with Crippen molar-refractivity contribution in [1.29, 1.82) is 0 Å². The number of amides is 1. The Kier molecular flexibility index (Phi) is 5.60. The highest BCUT2D eigenvalue weighted by Gasteiger charge is 2.33. The smallest absolute Gasteiger partial charge is 0.306 e. The maximum Gasteiger partial charge on any atom is 0.306 e. The van der Waals surface area contributed by atoms with Gasteiger partial charge in [0.15, 0.2) is 5.58 Å². The number of carbonyl (C=O) groups excluding carboxylic acids is 2. The normalized spacial score (nSPS) is 16.3. The average molecular weight is 392 g/mol. The van der Waals surface area contributed by atoms with Gasteiger partial charge in [0, 0.05) is 13.0 Å². The molecule has 0 aliphatic carbocycles. The summed E-state index contributed by atoms with van der Waals surface area (Å²) >= 11 is 0. The monoisotopic (exact) mass is 392 g/mol. The lowest BCUT2D eigenvalue weighted by Crippen LogP contribution is -2.31. The van der Waals surface area contributed by atoms with Crippen molar-refractivity contribution in [3.05, 3.63) is 54.4 Å². The molecule has 1 atom stereocenters. The van der Waals surface area contributed by atoms with Gasteiger partial charge in [0.25, 0.3) is 0 Å². The molecular formula is C23H24N2O4. The summed E-state index contributed by atoms with van der Waals surface area (Å²) in [6.45, 7) is 2.74. The number of benzene rings is 2. The highest BCUT2D eigenvalue weighted by atomic mass is 16.5. The molecule has 1 amide bonds. The van der Waals surface area contributed by atoms with Gasteiger partial charge >= 0.3 is 5.97 Å². The third-order valence-electron chi connectivity index (χ3n) is 5.22. The molecule has 0 bridgehead atoms. The van der Waals surface area contributed by atoms with Crippen molar-refractivity contribution in [2.75, 3.05) is 13.2 Å². The number of likely N-dealkylation sites (tertiary alicyclic amines) is 1. The molecule has 4 rings (SSSR count). The Bertz CT molecular complexity index is 1010. The Labute approximate surface area is 169 Å². The van der Waals surface area contributed by atoms with Crippen molar-refractivity contribution in [2.24, 2.45) is 0 Å². The topological polar surface area (TPSA) is 72.6 Å². The van der Waals surface area contributed by atoms with Gasteiger partial charge in [0.1, 0.15) is 11.6 Å². The molecule has 6 heteroatoms. The van der Waals surface area contributed by atoms with Crippen LogP contribution in [-0.2, 0) is 14.3 Å². The molecule has 2 heterocycles. The minimum Gasteiger partial charge on any atom is -0.466 e. The van der Waals surface area contributed by atoms with Crippen molar-refractivity contribution < 1.29 is 18.7 Å². The molecule has 3 aromatic rings. The van der Waals surface area contributed by atoms with E-state index in [-0.39, 0.29) is 30.8 Å². The first-order valence-electron chi connectivity index (χ1n) is 10.1. The van der Waals surface area contributed by atoms with Crippen molar-refractivity contribution in [2.45, 2.75) is 38.6 Å². The Morgan fingerprint density at radius 3 is 2.76 bits per heavy atom. The summed E-state index contributed by atoms with van der Waals surface area (Å²) in [5.41, 5.74) is 3.69. The van der Waals surface area contributed by atoms with Gasteiger partial charge in [-0.3, -0.25) is 9.59 Å². The molecule has 29 heavy (non-hydrogen) atoms. The fraction of sp³-hybridized carbons (Fsp3) is 0.348. The SMILES string of the molecule is CCOC(=O)CCC(=O)N1CCC[C@@H]1c1nc2cc(-c3ccccc3)ccc2o1. The summed E-state index contributed by atoms with van der Waals surface area (Å²) in [6.07, 6.45) is 1.95. The number of fused-ring (bicyclic) bond motifs is 1. The van der Waals surface area contributed by atoms with E-state index in [0.717, 1.165) is 29.5 Å². The van der Waals surface area contributed by atoms with Crippen LogP contribution >= 0.6 is 0 Å². The molecule has 6 nitrogen and oxygen atoms in total. The minimum atomic E-state index is -0.341. The fourth-order valence-electron chi connectivity index (χ4n) is 3.81. The van der Waals surface area contributed by atoms with Crippen LogP contribution in [0.25, 0.3) is 22.2 Å². The molecule has 1 aromatic heterocycles. The van der Waals surface area contributed by atoms with Gasteiger partial charge < -0.3 is 14.1 Å². The van der Waals surface area contributed by atoms with E-state index in [1.165, 1.54) is 0 Å². The maximum atomic E-state index is 12.6. The highest BCUT2D eigenvalue weighted by molar-refractivity contribution is 5.82. The van der Waals surface area contributed by atoms with Gasteiger partial charge in [-0.15, -0.1) is 0 Å². The maximum absolute atomic E-state index is 12.6. The highest BCUT2D eigenvalue weighted by Crippen LogP contribution is 2.34. The molecular weight excluding hydrogens is 368 g/mol. The van der Waals surface area contributed by atoms with E-state index in [9.17, 15) is 9.59 Å². The van der Waals surface area contributed by atoms with Gasteiger partial charge in [-0.2, -0.15) is 0 Å². The first-order chi connectivity index (χ1) is 14.2. The van der Waals surface area contributed by atoms with Gasteiger partial charge in [-0.05, 0) is 43.0 Å². The molecule has 1 aliphatic rings. The lowest BCUT2D eigenvalue weighted by molar-refractivity contribution is -0.146. The molecule has 0 saturated carbocycles. The number of hydrogen-bond donors (Lipinski definition) is 0. The molecule has 150 valence electrons. The molecule has 0 spiro atoms. The second-order valence-electron chi connectivity index (χ2n) is 7.15. The van der Waals surface area contributed by atoms with Crippen LogP contribution in [0.3, 0.4) is 0 Å². The summed E-state index contributed by atoms with van der Waals surface area (Å²) in [5.74, 6) is 0.159. The predicted octanol–water partition coefficient (Wildman–Crippen LogP) is 4.50. The van der Waals surface area contributed by atoms with Crippen LogP contribution in [0.4, 0.5) is 0 Å². The number of rotatable bonds is 6. The van der Waals surface area contributed by atoms with Gasteiger partial charge in [-0.25, -0.2) is 4.98 Å². The summed E-state index contributed by atoms with van der Waals surface area (Å²) in [7, 11) is 0. The second kappa shape index (κ2) is 8.47. The Balaban J connectivity index is 1.52. The van der Waals surface area contributed by atoms with E-state index in [2.05, 4.69) is 17.1 Å². The van der Waals surface area contributed by atoms with Crippen LogP contribution in [0.5, 0.6) is 0 Å². The Hall–Kier alpha value is -3.15. The zero-order chi connectivity index (χ0) is 20.2. The van der Waals surface area contributed by atoms with E-state index in [0.29, 0.717) is 24.6 Å². The summed E-state index contributed by atoms with van der Waals surface area (Å²) < 4.78 is 10.9. The third kappa shape index (κ3) is 4.16. The van der Waals surface area contributed by atoms with Crippen molar-refractivity contribution in [3.63, 3.8) is 0 Å². The lowest BCUT2D eigenvalue weighted by atomic mass is 10.1. The number of ether oxygens (including phenoxy) is 1. The van der Waals surface area contributed by atoms with E-state index in [1.807, 2.05) is 36.4 Å². The van der Waals surface area contributed by atoms with Crippen LogP contribution in [-0.4, -0.2) is 34.9 Å². The number of aromatic nitrogens is 1. The minimum absolute atomic E-state index is 0.0622. The quantitative estimate of drug-likeness (QED) is 0.578. The van der Waals surface area contributed by atoms with Crippen molar-refractivity contribution in [1.82, 2.24) is 9.88 Å². The number of oxazole rings is 1. The summed E-state index contributed by atoms with van der Waals surface area (Å²) in [4.78, 5) is 30.7. The largest absolute Gasteiger partial charge is 0.466 e. The summed E-state index contributed by atoms with van der Waals surface area (Å²) in [5, 5.41) is 0. The van der Waals surface area contributed by atoms with Gasteiger partial charge in [0.05, 0.1) is 13.0 Å². The number of carbonyl (C=O) groups is 2. The van der Waals surface area contributed by atoms with Gasteiger partial charge in [0.2, 0.25) is 11.8 Å². The van der Waals surface area contributed by atoms with E-state index >= 15 is 0 Å². The lowest BCUT2D eigenvalue weighted by Gasteiger charge is -2.22. The zero-order valence-corrected chi connectivity index (χ0v) is 16.5. The second-order valence-corrected chi connectivity index (χ2v) is 7.15. The van der Waals surface area contributed by atoms with Crippen molar-refractivity contribution >= 4 is 23.0 Å². The fourth-order valence-corrected chi connectivity index (χ4v) is 3.81. The van der Waals surface area contributed by atoms with Crippen molar-refractivity contribution in [3.8, 4) is 11.1 Å². The van der Waals surface area contributed by atoms with Crippen LogP contribution in [0.2, 0.25) is 0 Å². The van der Waals surface area contributed by atoms with Crippen LogP contribution in [0.1, 0.15) is 44.5 Å². The molecule has 1 aliphatic heterocycles. The number of esters is 1. The van der Waals surface area contributed by atoms with Crippen LogP contribution in [0, 0.1) is 0 Å². The van der Waals surface area contributed by atoms with E-state index in [1.54, 1.807) is 11.8 Å². The molecule has 0 unspecified atom stereocenters. The number of hydrogen-bond acceptors (Lipinski definition) is 5. The van der Waals surface area contributed by atoms with Crippen LogP contribution in [0.15, 0.2) is 52.9 Å². The first-order valence-corrected chi connectivity index (χ1v) is 10.1. The van der Waals surface area contributed by atoms with Crippen LogP contribution < -0.4 is 0 Å². The van der Waals surface area contributed by atoms with Gasteiger partial charge in [-0.1, -0.05) is 36.4 Å². The predicted molar refractivity (Wildman–Crippen MR) is 109 cm³/mol. The first kappa shape index (κ1) is 19.2. The molecule has 2 aromatic carbocycles. The number of nitrogens with zero attached hydrogens (tertiary/aromatic N) is 2. The Morgan fingerprint density at radius 2 is 1.97 bits per heavy atom. The van der Waals surface area contributed by atoms with E-state index in [4.69, 9.17) is 9.15 Å². The summed E-state index contributed by atoms with van der Waals surface area (Å²) in [6, 6.07) is 15.9. The third-order valence-corrected chi connectivity index (χ3v) is 5.22. The molecule has 0 N–H and O–H groups in total. The van der Waals surface area contributed by atoms with E-state index < -0.39 is 0 Å². The average Bonchev–Trinajstić information content (AvgIpc) is 3.39. The Morgan fingerprint density at radius 1 is 1.14 bits per heavy atom. The molecule has 1 fully saturated rings. The standard InChI is InChI=1S/C23H24N2O4/c1-2-28-22(27)13-12-21(26)25-14-6-9-19(25)23-24-18-15-17(10-11-20(18)29-23)16-7-4-3-5-8-16/h3-5,7-8,10-11,15,19H,2,6,9,12-14H2,1H3/t19-/m1/s1.